The smallest absolute Gasteiger partial charge is 0.368 e. The molecule has 2 N–H and O–H groups in total. The molecule has 2 fully saturated rings. The van der Waals surface area contributed by atoms with Crippen molar-refractivity contribution in [3.63, 3.8) is 0 Å². The number of hydrogen-bond donors (Lipinski definition) is 1. The van der Waals surface area contributed by atoms with E-state index in [0.717, 1.165) is 17.7 Å². The maximum Gasteiger partial charge on any atom is 0.416 e. The Labute approximate surface area is 188 Å². The number of carbonyl (C=O) groups excluding carboxylic acids is 1. The van der Waals surface area contributed by atoms with Gasteiger partial charge in [-0.2, -0.15) is 13.2 Å². The molecule has 2 heterocycles. The summed E-state index contributed by atoms with van der Waals surface area (Å²) in [5.74, 6) is -0.973. The van der Waals surface area contributed by atoms with Gasteiger partial charge in [0.15, 0.2) is 0 Å². The van der Waals surface area contributed by atoms with Crippen molar-refractivity contribution in [3.8, 4) is 0 Å². The summed E-state index contributed by atoms with van der Waals surface area (Å²) < 4.78 is 72.8. The Morgan fingerprint density at radius 2 is 1.88 bits per heavy atom. The molecule has 2 aliphatic rings. The van der Waals surface area contributed by atoms with Crippen molar-refractivity contribution < 1.29 is 31.5 Å². The molecule has 0 spiro atoms. The lowest BCUT2D eigenvalue weighted by molar-refractivity contribution is -0.138. The van der Waals surface area contributed by atoms with Crippen molar-refractivity contribution in [1.82, 2.24) is 4.90 Å². The van der Waals surface area contributed by atoms with Crippen molar-refractivity contribution in [1.29, 1.82) is 0 Å². The van der Waals surface area contributed by atoms with Crippen molar-refractivity contribution in [2.24, 2.45) is 5.73 Å². The van der Waals surface area contributed by atoms with E-state index in [2.05, 4.69) is 0 Å². The van der Waals surface area contributed by atoms with Crippen LogP contribution >= 0.6 is 0 Å². The van der Waals surface area contributed by atoms with Gasteiger partial charge in [-0.15, -0.1) is 0 Å². The minimum atomic E-state index is -4.62. The lowest BCUT2D eigenvalue weighted by Crippen LogP contribution is -2.46. The van der Waals surface area contributed by atoms with Gasteiger partial charge in [0.05, 0.1) is 23.3 Å². The van der Waals surface area contributed by atoms with Crippen molar-refractivity contribution >= 4 is 5.91 Å². The molecule has 2 aliphatic heterocycles. The second-order valence-electron chi connectivity index (χ2n) is 9.14. The van der Waals surface area contributed by atoms with E-state index >= 15 is 0 Å². The zero-order valence-corrected chi connectivity index (χ0v) is 18.2. The monoisotopic (exact) mass is 468 g/mol. The molecule has 2 aromatic carbocycles. The number of fused-ring (bicyclic) bond motifs is 1. The maximum absolute atomic E-state index is 13.5. The molecule has 5 atom stereocenters. The Morgan fingerprint density at radius 1 is 1.21 bits per heavy atom. The first-order valence-electron chi connectivity index (χ1n) is 10.7. The number of nitrogens with zero attached hydrogens (tertiary/aromatic N) is 1. The first-order valence-corrected chi connectivity index (χ1v) is 10.7. The van der Waals surface area contributed by atoms with Crippen LogP contribution in [0.5, 0.6) is 0 Å². The van der Waals surface area contributed by atoms with E-state index in [1.165, 1.54) is 18.2 Å². The molecule has 0 aromatic heterocycles. The van der Waals surface area contributed by atoms with Gasteiger partial charge in [-0.3, -0.25) is 4.79 Å². The highest BCUT2D eigenvalue weighted by molar-refractivity contribution is 5.89. The molecular weight excluding hydrogens is 443 g/mol. The molecule has 2 unspecified atom stereocenters. The van der Waals surface area contributed by atoms with Crippen LogP contribution in [0.2, 0.25) is 0 Å². The van der Waals surface area contributed by atoms with Crippen molar-refractivity contribution in [2.75, 3.05) is 6.54 Å². The fraction of sp³-hybridized carbons (Fsp3) is 0.458. The molecule has 9 heteroatoms. The van der Waals surface area contributed by atoms with Gasteiger partial charge in [-0.25, -0.2) is 8.78 Å². The molecule has 33 heavy (non-hydrogen) atoms. The van der Waals surface area contributed by atoms with E-state index in [-0.39, 0.29) is 35.5 Å². The Morgan fingerprint density at radius 3 is 2.48 bits per heavy atom. The van der Waals surface area contributed by atoms with Crippen LogP contribution in [0, 0.1) is 5.82 Å². The van der Waals surface area contributed by atoms with Gasteiger partial charge in [0.25, 0.3) is 0 Å². The number of nitrogens with two attached hydrogens (primary N) is 1. The molecule has 4 rings (SSSR count). The molecule has 1 amide bonds. The highest BCUT2D eigenvalue weighted by Gasteiger charge is 2.56. The first-order chi connectivity index (χ1) is 15.4. The van der Waals surface area contributed by atoms with Crippen LogP contribution in [0.25, 0.3) is 0 Å². The molecule has 4 nitrogen and oxygen atoms in total. The minimum Gasteiger partial charge on any atom is -0.368 e. The topological polar surface area (TPSA) is 55.6 Å². The van der Waals surface area contributed by atoms with Gasteiger partial charge < -0.3 is 15.4 Å². The van der Waals surface area contributed by atoms with Crippen molar-refractivity contribution in [3.05, 3.63) is 70.5 Å². The number of alkyl halides is 4. The number of hydrogen-bond acceptors (Lipinski definition) is 3. The van der Waals surface area contributed by atoms with Crippen LogP contribution in [0.15, 0.2) is 42.5 Å². The summed E-state index contributed by atoms with van der Waals surface area (Å²) in [4.78, 5) is 14.4. The Hall–Kier alpha value is -2.52. The highest BCUT2D eigenvalue weighted by atomic mass is 19.4. The third-order valence-electron chi connectivity index (χ3n) is 6.57. The molecule has 0 saturated carbocycles. The summed E-state index contributed by atoms with van der Waals surface area (Å²) in [6.07, 6.45) is -5.61. The van der Waals surface area contributed by atoms with E-state index in [9.17, 15) is 26.7 Å². The first kappa shape index (κ1) is 23.6. The predicted molar refractivity (Wildman–Crippen MR) is 111 cm³/mol. The SMILES string of the molecule is C[C@@H](O[C@H]1CN2C(=O)[C@](C)(N)CC2C1c1ccc(F)cc1)c1cc(CF)cc(C(F)(F)F)c1. The summed E-state index contributed by atoms with van der Waals surface area (Å²) in [5.41, 5.74) is 5.04. The lowest BCUT2D eigenvalue weighted by Gasteiger charge is -2.28. The number of carbonyl (C=O) groups is 1. The van der Waals surface area contributed by atoms with Gasteiger partial charge in [0.2, 0.25) is 5.91 Å². The molecule has 2 saturated heterocycles. The van der Waals surface area contributed by atoms with Crippen LogP contribution < -0.4 is 5.73 Å². The number of rotatable bonds is 5. The van der Waals surface area contributed by atoms with Crippen LogP contribution in [-0.4, -0.2) is 35.0 Å². The van der Waals surface area contributed by atoms with Gasteiger partial charge in [-0.05, 0) is 61.2 Å². The largest absolute Gasteiger partial charge is 0.416 e. The predicted octanol–water partition coefficient (Wildman–Crippen LogP) is 4.88. The van der Waals surface area contributed by atoms with E-state index in [1.807, 2.05) is 0 Å². The standard InChI is InChI=1S/C24H25F5N2O2/c1-13(16-7-14(11-25)8-17(9-16)24(27,28)29)33-20-12-31-19(10-23(2,30)22(31)32)21(20)15-3-5-18(26)6-4-15/h3-9,13,19-21H,10-12,30H2,1-2H3/t13-,19?,20+,21?,23-/m1/s1. The average Bonchev–Trinajstić information content (AvgIpc) is 3.19. The van der Waals surface area contributed by atoms with Crippen LogP contribution in [0.4, 0.5) is 22.0 Å². The summed E-state index contributed by atoms with van der Waals surface area (Å²) in [6, 6.07) is 8.68. The fourth-order valence-electron chi connectivity index (χ4n) is 4.99. The Bertz CT molecular complexity index is 1040. The molecule has 0 bridgehead atoms. The number of benzene rings is 2. The summed E-state index contributed by atoms with van der Waals surface area (Å²) >= 11 is 0. The third-order valence-corrected chi connectivity index (χ3v) is 6.57. The average molecular weight is 468 g/mol. The second-order valence-corrected chi connectivity index (χ2v) is 9.14. The number of amides is 1. The second kappa shape index (κ2) is 8.36. The van der Waals surface area contributed by atoms with Gasteiger partial charge in [-0.1, -0.05) is 18.2 Å². The Kier molecular flexibility index (Phi) is 5.99. The molecule has 0 aliphatic carbocycles. The molecular formula is C24H25F5N2O2. The van der Waals surface area contributed by atoms with E-state index in [4.69, 9.17) is 10.5 Å². The minimum absolute atomic E-state index is 0.0912. The normalized spacial score (nSPS) is 28.3. The van der Waals surface area contributed by atoms with Crippen LogP contribution in [0.1, 0.15) is 54.5 Å². The zero-order valence-electron chi connectivity index (χ0n) is 18.2. The van der Waals surface area contributed by atoms with E-state index < -0.39 is 42.0 Å². The lowest BCUT2D eigenvalue weighted by atomic mass is 9.85. The summed E-state index contributed by atoms with van der Waals surface area (Å²) in [5, 5.41) is 0. The van der Waals surface area contributed by atoms with Crippen LogP contribution in [0.3, 0.4) is 0 Å². The highest BCUT2D eigenvalue weighted by Crippen LogP contribution is 2.45. The zero-order chi connectivity index (χ0) is 24.1. The van der Waals surface area contributed by atoms with Crippen LogP contribution in [-0.2, 0) is 22.4 Å². The Balaban J connectivity index is 1.65. The quantitative estimate of drug-likeness (QED) is 0.637. The summed E-state index contributed by atoms with van der Waals surface area (Å²) in [6.45, 7) is 2.43. The summed E-state index contributed by atoms with van der Waals surface area (Å²) in [7, 11) is 0. The molecule has 2 aromatic rings. The number of ether oxygens (including phenoxy) is 1. The van der Waals surface area contributed by atoms with Gasteiger partial charge >= 0.3 is 6.18 Å². The van der Waals surface area contributed by atoms with E-state index in [1.54, 1.807) is 30.9 Å². The van der Waals surface area contributed by atoms with Gasteiger partial charge in [0.1, 0.15) is 12.5 Å². The van der Waals surface area contributed by atoms with Crippen molar-refractivity contribution in [2.45, 2.75) is 62.8 Å². The third kappa shape index (κ3) is 4.48. The number of halogens is 5. The fourth-order valence-corrected chi connectivity index (χ4v) is 4.99. The van der Waals surface area contributed by atoms with Gasteiger partial charge in [0, 0.05) is 18.5 Å². The maximum atomic E-state index is 13.5. The van der Waals surface area contributed by atoms with E-state index in [0.29, 0.717) is 6.42 Å². The molecule has 178 valence electrons. The molecule has 0 radical (unpaired) electrons.